The van der Waals surface area contributed by atoms with Gasteiger partial charge >= 0.3 is 0 Å². The molecule has 1 unspecified atom stereocenters. The highest BCUT2D eigenvalue weighted by atomic mass is 16.3. The van der Waals surface area contributed by atoms with Gasteiger partial charge in [0.25, 0.3) is 0 Å². The summed E-state index contributed by atoms with van der Waals surface area (Å²) in [5.74, 6) is 0. The van der Waals surface area contributed by atoms with Crippen molar-refractivity contribution in [3.8, 4) is 0 Å². The third kappa shape index (κ3) is 3.01. The van der Waals surface area contributed by atoms with E-state index in [2.05, 4.69) is 24.0 Å². The molecule has 0 aliphatic carbocycles. The summed E-state index contributed by atoms with van der Waals surface area (Å²) in [6, 6.07) is 9.09. The van der Waals surface area contributed by atoms with E-state index >= 15 is 0 Å². The van der Waals surface area contributed by atoms with Crippen LogP contribution < -0.4 is 4.90 Å². The molecule has 1 aromatic carbocycles. The Morgan fingerprint density at radius 2 is 2.00 bits per heavy atom. The molecule has 1 aromatic rings. The topological polar surface area (TPSA) is 23.5 Å². The Kier molecular flexibility index (Phi) is 4.43. The lowest BCUT2D eigenvalue weighted by Crippen LogP contribution is -2.39. The maximum Gasteiger partial charge on any atom is 0.0681 e. The Morgan fingerprint density at radius 3 is 2.65 bits per heavy atom. The Labute approximate surface area is 104 Å². The lowest BCUT2D eigenvalue weighted by molar-refractivity contribution is 0.282. The number of aliphatic hydroxyl groups excluding tert-OH is 1. The molecular formula is C15H23NO. The largest absolute Gasteiger partial charge is 0.392 e. The molecule has 1 fully saturated rings. The maximum absolute atomic E-state index is 9.06. The van der Waals surface area contributed by atoms with Crippen LogP contribution in [0.15, 0.2) is 24.3 Å². The molecule has 0 amide bonds. The number of anilines is 1. The quantitative estimate of drug-likeness (QED) is 0.862. The predicted octanol–water partition coefficient (Wildman–Crippen LogP) is 3.34. The molecule has 1 saturated heterocycles. The van der Waals surface area contributed by atoms with Gasteiger partial charge < -0.3 is 10.0 Å². The van der Waals surface area contributed by atoms with Crippen molar-refractivity contribution in [1.29, 1.82) is 0 Å². The zero-order valence-electron chi connectivity index (χ0n) is 10.7. The first-order chi connectivity index (χ1) is 8.35. The van der Waals surface area contributed by atoms with Crippen molar-refractivity contribution >= 4 is 5.69 Å². The van der Waals surface area contributed by atoms with E-state index in [-0.39, 0.29) is 6.61 Å². The molecule has 1 heterocycles. The lowest BCUT2D eigenvalue weighted by Gasteiger charge is -2.37. The van der Waals surface area contributed by atoms with Crippen molar-refractivity contribution < 1.29 is 5.11 Å². The summed E-state index contributed by atoms with van der Waals surface area (Å²) in [7, 11) is 0. The fourth-order valence-corrected chi connectivity index (χ4v) is 2.77. The van der Waals surface area contributed by atoms with Gasteiger partial charge in [-0.1, -0.05) is 25.5 Å². The van der Waals surface area contributed by atoms with Crippen LogP contribution in [0.2, 0.25) is 0 Å². The average Bonchev–Trinajstić information content (AvgIpc) is 2.40. The van der Waals surface area contributed by atoms with E-state index in [4.69, 9.17) is 5.11 Å². The Bertz CT molecular complexity index is 331. The number of nitrogens with zero attached hydrogens (tertiary/aromatic N) is 1. The smallest absolute Gasteiger partial charge is 0.0681 e. The number of benzene rings is 1. The number of rotatable bonds is 4. The van der Waals surface area contributed by atoms with E-state index in [0.29, 0.717) is 6.04 Å². The summed E-state index contributed by atoms with van der Waals surface area (Å²) in [5.41, 5.74) is 2.32. The molecule has 0 spiro atoms. The van der Waals surface area contributed by atoms with Gasteiger partial charge in [0, 0.05) is 18.3 Å². The third-order valence-corrected chi connectivity index (χ3v) is 3.70. The highest BCUT2D eigenvalue weighted by Gasteiger charge is 2.21. The van der Waals surface area contributed by atoms with Crippen LogP contribution in [0.4, 0.5) is 5.69 Å². The van der Waals surface area contributed by atoms with E-state index in [1.807, 2.05) is 12.1 Å². The first-order valence-corrected chi connectivity index (χ1v) is 6.81. The Balaban J connectivity index is 2.11. The van der Waals surface area contributed by atoms with Crippen molar-refractivity contribution in [3.05, 3.63) is 29.8 Å². The van der Waals surface area contributed by atoms with Crippen LogP contribution in [0, 0.1) is 0 Å². The molecule has 0 radical (unpaired) electrons. The molecule has 0 bridgehead atoms. The summed E-state index contributed by atoms with van der Waals surface area (Å²) in [6.45, 7) is 3.59. The number of aliphatic hydroxyl groups is 1. The zero-order valence-corrected chi connectivity index (χ0v) is 10.7. The van der Waals surface area contributed by atoms with Crippen LogP contribution in [-0.4, -0.2) is 17.7 Å². The molecule has 0 aromatic heterocycles. The van der Waals surface area contributed by atoms with Gasteiger partial charge in [-0.25, -0.2) is 0 Å². The molecule has 94 valence electrons. The molecule has 2 nitrogen and oxygen atoms in total. The number of piperidine rings is 1. The van der Waals surface area contributed by atoms with Crippen LogP contribution in [0.3, 0.4) is 0 Å². The first kappa shape index (κ1) is 12.4. The minimum absolute atomic E-state index is 0.138. The Hall–Kier alpha value is -1.02. The SMILES string of the molecule is CCCC1CCCCN1c1ccc(CO)cc1. The average molecular weight is 233 g/mol. The fourth-order valence-electron chi connectivity index (χ4n) is 2.77. The van der Waals surface area contributed by atoms with Gasteiger partial charge in [-0.15, -0.1) is 0 Å². The van der Waals surface area contributed by atoms with Crippen molar-refractivity contribution in [2.45, 2.75) is 51.7 Å². The second-order valence-electron chi connectivity index (χ2n) is 4.96. The maximum atomic E-state index is 9.06. The van der Waals surface area contributed by atoms with Crippen LogP contribution in [0.5, 0.6) is 0 Å². The summed E-state index contributed by atoms with van der Waals surface area (Å²) in [6.07, 6.45) is 6.56. The van der Waals surface area contributed by atoms with Gasteiger partial charge in [-0.05, 0) is 43.4 Å². The van der Waals surface area contributed by atoms with Gasteiger partial charge in [0.15, 0.2) is 0 Å². The standard InChI is InChI=1S/C15H23NO/c1-2-5-14-6-3-4-11-16(14)15-9-7-13(12-17)8-10-15/h7-10,14,17H,2-6,11-12H2,1H3. The molecule has 2 heteroatoms. The summed E-state index contributed by atoms with van der Waals surface area (Å²) in [4.78, 5) is 2.55. The minimum Gasteiger partial charge on any atom is -0.392 e. The van der Waals surface area contributed by atoms with Gasteiger partial charge in [0.1, 0.15) is 0 Å². The highest BCUT2D eigenvalue weighted by molar-refractivity contribution is 5.48. The predicted molar refractivity (Wildman–Crippen MR) is 72.3 cm³/mol. The van der Waals surface area contributed by atoms with E-state index < -0.39 is 0 Å². The van der Waals surface area contributed by atoms with Crippen molar-refractivity contribution in [2.24, 2.45) is 0 Å². The van der Waals surface area contributed by atoms with Gasteiger partial charge in [0.05, 0.1) is 6.61 Å². The molecule has 1 aliphatic heterocycles. The van der Waals surface area contributed by atoms with E-state index in [1.54, 1.807) is 0 Å². The molecule has 1 aliphatic rings. The Morgan fingerprint density at radius 1 is 1.24 bits per heavy atom. The number of hydrogen-bond acceptors (Lipinski definition) is 2. The van der Waals surface area contributed by atoms with Gasteiger partial charge in [0.2, 0.25) is 0 Å². The summed E-state index contributed by atoms with van der Waals surface area (Å²) in [5, 5.41) is 9.06. The highest BCUT2D eigenvalue weighted by Crippen LogP contribution is 2.27. The summed E-state index contributed by atoms with van der Waals surface area (Å²) >= 11 is 0. The second kappa shape index (κ2) is 6.06. The zero-order chi connectivity index (χ0) is 12.1. The van der Waals surface area contributed by atoms with E-state index in [0.717, 1.165) is 5.56 Å². The second-order valence-corrected chi connectivity index (χ2v) is 4.96. The van der Waals surface area contributed by atoms with Crippen molar-refractivity contribution in [2.75, 3.05) is 11.4 Å². The molecular weight excluding hydrogens is 210 g/mol. The summed E-state index contributed by atoms with van der Waals surface area (Å²) < 4.78 is 0. The number of hydrogen-bond donors (Lipinski definition) is 1. The van der Waals surface area contributed by atoms with Gasteiger partial charge in [-0.2, -0.15) is 0 Å². The normalized spacial score (nSPS) is 20.6. The van der Waals surface area contributed by atoms with Crippen molar-refractivity contribution in [1.82, 2.24) is 0 Å². The third-order valence-electron chi connectivity index (χ3n) is 3.70. The monoisotopic (exact) mass is 233 g/mol. The van der Waals surface area contributed by atoms with Crippen LogP contribution in [0.1, 0.15) is 44.6 Å². The molecule has 1 N–H and O–H groups in total. The van der Waals surface area contributed by atoms with E-state index in [1.165, 1.54) is 44.3 Å². The van der Waals surface area contributed by atoms with E-state index in [9.17, 15) is 0 Å². The van der Waals surface area contributed by atoms with Crippen LogP contribution in [-0.2, 0) is 6.61 Å². The van der Waals surface area contributed by atoms with Crippen LogP contribution >= 0.6 is 0 Å². The van der Waals surface area contributed by atoms with Gasteiger partial charge in [-0.3, -0.25) is 0 Å². The van der Waals surface area contributed by atoms with Crippen molar-refractivity contribution in [3.63, 3.8) is 0 Å². The molecule has 1 atom stereocenters. The molecule has 2 rings (SSSR count). The lowest BCUT2D eigenvalue weighted by atomic mass is 9.97. The first-order valence-electron chi connectivity index (χ1n) is 6.81. The molecule has 0 saturated carbocycles. The minimum atomic E-state index is 0.138. The molecule has 17 heavy (non-hydrogen) atoms. The fraction of sp³-hybridized carbons (Fsp3) is 0.600. The van der Waals surface area contributed by atoms with Crippen LogP contribution in [0.25, 0.3) is 0 Å².